The summed E-state index contributed by atoms with van der Waals surface area (Å²) in [4.78, 5) is 49.7. The quantitative estimate of drug-likeness (QED) is 0.461. The van der Waals surface area contributed by atoms with E-state index >= 15 is 0 Å². The van der Waals surface area contributed by atoms with Crippen LogP contribution in [0.2, 0.25) is 0 Å². The first-order valence-electron chi connectivity index (χ1n) is 10.3. The molecule has 0 spiro atoms. The SMILES string of the molecule is Cc1ccc(NC(=O)COc2cccc(/C=C3\SC(=O)N(CC(=O)OC(C)C)C3=O)c2)cc1. The minimum absolute atomic E-state index is 0.187. The van der Waals surface area contributed by atoms with Crippen LogP contribution in [0.1, 0.15) is 25.0 Å². The average Bonchev–Trinajstić information content (AvgIpc) is 3.01. The molecule has 1 heterocycles. The summed E-state index contributed by atoms with van der Waals surface area (Å²) in [5.41, 5.74) is 2.38. The summed E-state index contributed by atoms with van der Waals surface area (Å²) in [6, 6.07) is 14.2. The molecule has 8 nitrogen and oxygen atoms in total. The fourth-order valence-corrected chi connectivity index (χ4v) is 3.73. The maximum atomic E-state index is 12.6. The molecule has 0 unspecified atom stereocenters. The summed E-state index contributed by atoms with van der Waals surface area (Å²) in [6.07, 6.45) is 1.20. The van der Waals surface area contributed by atoms with Crippen LogP contribution in [0.5, 0.6) is 5.75 Å². The number of ether oxygens (including phenoxy) is 2. The molecule has 1 saturated heterocycles. The normalized spacial score (nSPS) is 14.7. The second kappa shape index (κ2) is 10.8. The lowest BCUT2D eigenvalue weighted by molar-refractivity contribution is -0.149. The lowest BCUT2D eigenvalue weighted by atomic mass is 10.2. The number of nitrogens with zero attached hydrogens (tertiary/aromatic N) is 1. The first kappa shape index (κ1) is 24.1. The van der Waals surface area contributed by atoms with Gasteiger partial charge in [0.2, 0.25) is 0 Å². The molecule has 0 radical (unpaired) electrons. The van der Waals surface area contributed by atoms with Crippen LogP contribution in [0.25, 0.3) is 6.08 Å². The lowest BCUT2D eigenvalue weighted by Crippen LogP contribution is -2.35. The Morgan fingerprint density at radius 3 is 2.55 bits per heavy atom. The van der Waals surface area contributed by atoms with Crippen molar-refractivity contribution in [3.63, 3.8) is 0 Å². The number of nitrogens with one attached hydrogen (secondary N) is 1. The Morgan fingerprint density at radius 1 is 1.12 bits per heavy atom. The number of hydrogen-bond donors (Lipinski definition) is 1. The van der Waals surface area contributed by atoms with E-state index in [1.807, 2.05) is 31.2 Å². The van der Waals surface area contributed by atoms with Crippen molar-refractivity contribution >= 4 is 46.5 Å². The van der Waals surface area contributed by atoms with Crippen molar-refractivity contribution in [2.75, 3.05) is 18.5 Å². The first-order chi connectivity index (χ1) is 15.7. The van der Waals surface area contributed by atoms with Gasteiger partial charge in [-0.25, -0.2) is 0 Å². The lowest BCUT2D eigenvalue weighted by Gasteiger charge is -2.13. The standard InChI is InChI=1S/C24H24N2O6S/c1-15(2)32-22(28)13-26-23(29)20(33-24(26)30)12-17-5-4-6-19(11-17)31-14-21(27)25-18-9-7-16(3)8-10-18/h4-12,15H,13-14H2,1-3H3,(H,25,27)/b20-12-. The summed E-state index contributed by atoms with van der Waals surface area (Å²) in [5.74, 6) is -1.08. The van der Waals surface area contributed by atoms with Crippen LogP contribution in [-0.2, 0) is 19.1 Å². The number of benzene rings is 2. The third-order valence-electron chi connectivity index (χ3n) is 4.39. The smallest absolute Gasteiger partial charge is 0.326 e. The Balaban J connectivity index is 1.60. The van der Waals surface area contributed by atoms with E-state index in [4.69, 9.17) is 9.47 Å². The van der Waals surface area contributed by atoms with Crippen LogP contribution in [0.4, 0.5) is 10.5 Å². The van der Waals surface area contributed by atoms with Gasteiger partial charge < -0.3 is 14.8 Å². The third-order valence-corrected chi connectivity index (χ3v) is 5.30. The molecular weight excluding hydrogens is 444 g/mol. The predicted molar refractivity (Wildman–Crippen MR) is 126 cm³/mol. The number of hydrogen-bond acceptors (Lipinski definition) is 7. The highest BCUT2D eigenvalue weighted by Crippen LogP contribution is 2.32. The van der Waals surface area contributed by atoms with Gasteiger partial charge in [-0.15, -0.1) is 0 Å². The molecule has 0 aliphatic carbocycles. The van der Waals surface area contributed by atoms with E-state index in [0.717, 1.165) is 22.2 Å². The van der Waals surface area contributed by atoms with Gasteiger partial charge >= 0.3 is 5.97 Å². The van der Waals surface area contributed by atoms with Crippen LogP contribution in [0.15, 0.2) is 53.4 Å². The summed E-state index contributed by atoms with van der Waals surface area (Å²) in [5, 5.41) is 2.22. The van der Waals surface area contributed by atoms with E-state index in [2.05, 4.69) is 5.32 Å². The molecule has 33 heavy (non-hydrogen) atoms. The van der Waals surface area contributed by atoms with Crippen molar-refractivity contribution in [3.8, 4) is 5.75 Å². The molecule has 2 aromatic rings. The minimum Gasteiger partial charge on any atom is -0.484 e. The first-order valence-corrected chi connectivity index (χ1v) is 11.1. The van der Waals surface area contributed by atoms with E-state index in [1.54, 1.807) is 38.1 Å². The fraction of sp³-hybridized carbons (Fsp3) is 0.250. The molecule has 1 N–H and O–H groups in total. The Labute approximate surface area is 195 Å². The van der Waals surface area contributed by atoms with Gasteiger partial charge in [-0.05, 0) is 68.4 Å². The van der Waals surface area contributed by atoms with Crippen molar-refractivity contribution in [3.05, 3.63) is 64.6 Å². The molecule has 9 heteroatoms. The zero-order chi connectivity index (χ0) is 24.0. The summed E-state index contributed by atoms with van der Waals surface area (Å²) < 4.78 is 10.6. The monoisotopic (exact) mass is 468 g/mol. The minimum atomic E-state index is -0.645. The van der Waals surface area contributed by atoms with Gasteiger partial charge in [0.25, 0.3) is 17.1 Å². The highest BCUT2D eigenvalue weighted by molar-refractivity contribution is 8.18. The zero-order valence-corrected chi connectivity index (χ0v) is 19.3. The molecule has 1 aliphatic rings. The van der Waals surface area contributed by atoms with Crippen LogP contribution >= 0.6 is 11.8 Å². The number of carbonyl (C=O) groups is 4. The van der Waals surface area contributed by atoms with Gasteiger partial charge in [0.1, 0.15) is 12.3 Å². The van der Waals surface area contributed by atoms with Crippen molar-refractivity contribution in [1.29, 1.82) is 0 Å². The second-order valence-corrected chi connectivity index (χ2v) is 8.58. The summed E-state index contributed by atoms with van der Waals surface area (Å²) in [6.45, 7) is 4.72. The van der Waals surface area contributed by atoms with Crippen molar-refractivity contribution in [1.82, 2.24) is 4.90 Å². The second-order valence-electron chi connectivity index (χ2n) is 7.58. The fourth-order valence-electron chi connectivity index (χ4n) is 2.89. The number of anilines is 1. The van der Waals surface area contributed by atoms with Gasteiger partial charge in [-0.1, -0.05) is 29.8 Å². The largest absolute Gasteiger partial charge is 0.484 e. The van der Waals surface area contributed by atoms with Crippen LogP contribution in [0, 0.1) is 6.92 Å². The third kappa shape index (κ3) is 6.95. The molecule has 0 atom stereocenters. The Bertz CT molecular complexity index is 1090. The number of carbonyl (C=O) groups excluding carboxylic acids is 4. The van der Waals surface area contributed by atoms with Crippen molar-refractivity contribution in [2.45, 2.75) is 26.9 Å². The molecule has 0 aromatic heterocycles. The van der Waals surface area contributed by atoms with Crippen molar-refractivity contribution in [2.24, 2.45) is 0 Å². The van der Waals surface area contributed by atoms with Crippen LogP contribution < -0.4 is 10.1 Å². The summed E-state index contributed by atoms with van der Waals surface area (Å²) in [7, 11) is 0. The zero-order valence-electron chi connectivity index (χ0n) is 18.5. The predicted octanol–water partition coefficient (Wildman–Crippen LogP) is 4.00. The number of esters is 1. The Morgan fingerprint density at radius 2 is 1.85 bits per heavy atom. The molecule has 1 aliphatic heterocycles. The number of aryl methyl sites for hydroxylation is 1. The molecule has 2 aromatic carbocycles. The Kier molecular flexibility index (Phi) is 7.89. The molecular formula is C24H24N2O6S. The number of thioether (sulfide) groups is 1. The number of imide groups is 1. The van der Waals surface area contributed by atoms with E-state index < -0.39 is 23.7 Å². The molecule has 1 fully saturated rings. The summed E-state index contributed by atoms with van der Waals surface area (Å²) >= 11 is 0.750. The number of amides is 3. The van der Waals surface area contributed by atoms with Gasteiger partial charge in [-0.2, -0.15) is 0 Å². The maximum absolute atomic E-state index is 12.6. The highest BCUT2D eigenvalue weighted by Gasteiger charge is 2.36. The van der Waals surface area contributed by atoms with E-state index in [-0.39, 0.29) is 23.5 Å². The molecule has 172 valence electrons. The number of rotatable bonds is 8. The maximum Gasteiger partial charge on any atom is 0.326 e. The van der Waals surface area contributed by atoms with Gasteiger partial charge in [-0.3, -0.25) is 24.1 Å². The van der Waals surface area contributed by atoms with Crippen LogP contribution in [0.3, 0.4) is 0 Å². The van der Waals surface area contributed by atoms with Crippen molar-refractivity contribution < 1.29 is 28.7 Å². The molecule has 0 saturated carbocycles. The highest BCUT2D eigenvalue weighted by atomic mass is 32.2. The van der Waals surface area contributed by atoms with E-state index in [9.17, 15) is 19.2 Å². The molecule has 3 rings (SSSR count). The molecule has 0 bridgehead atoms. The average molecular weight is 469 g/mol. The van der Waals surface area contributed by atoms with Gasteiger partial charge in [0.15, 0.2) is 6.61 Å². The van der Waals surface area contributed by atoms with E-state index in [1.165, 1.54) is 6.08 Å². The molecule has 3 amide bonds. The van der Waals surface area contributed by atoms with Gasteiger partial charge in [0.05, 0.1) is 11.0 Å². The topological polar surface area (TPSA) is 102 Å². The van der Waals surface area contributed by atoms with Crippen LogP contribution in [-0.4, -0.2) is 47.2 Å². The van der Waals surface area contributed by atoms with Gasteiger partial charge in [0, 0.05) is 5.69 Å². The van der Waals surface area contributed by atoms with E-state index in [0.29, 0.717) is 17.0 Å². The Hall–Kier alpha value is -3.59.